The molecule has 0 radical (unpaired) electrons. The largest absolute Gasteiger partial charge is 0.196 e. The molecule has 0 heterocycles. The van der Waals surface area contributed by atoms with Gasteiger partial charge in [0.2, 0.25) is 0 Å². The number of aryl methyl sites for hydroxylation is 2. The molecular formula is C26H29ClSiZr. The molecule has 0 unspecified atom stereocenters. The van der Waals surface area contributed by atoms with Crippen molar-refractivity contribution in [1.82, 2.24) is 0 Å². The van der Waals surface area contributed by atoms with Gasteiger partial charge in [-0.3, -0.25) is 0 Å². The van der Waals surface area contributed by atoms with Crippen molar-refractivity contribution in [2.45, 2.75) is 40.8 Å². The Morgan fingerprint density at radius 2 is 1.45 bits per heavy atom. The number of hydrogen-bond acceptors (Lipinski definition) is 0. The molecule has 0 saturated carbocycles. The first kappa shape index (κ1) is 24.1. The second-order valence-electron chi connectivity index (χ2n) is 7.60. The van der Waals surface area contributed by atoms with Gasteiger partial charge in [0, 0.05) is 5.02 Å². The van der Waals surface area contributed by atoms with E-state index in [1.807, 2.05) is 18.2 Å². The molecule has 0 fully saturated rings. The van der Waals surface area contributed by atoms with Gasteiger partial charge >= 0.3 is 41.9 Å². The summed E-state index contributed by atoms with van der Waals surface area (Å²) in [7, 11) is 0. The smallest absolute Gasteiger partial charge is 0.0403 e. The summed E-state index contributed by atoms with van der Waals surface area (Å²) >= 11 is 7.75. The number of fused-ring (bicyclic) bond motifs is 1. The molecule has 3 heteroatoms. The minimum atomic E-state index is 0.210. The molecule has 0 N–H and O–H groups in total. The van der Waals surface area contributed by atoms with Gasteiger partial charge < -0.3 is 0 Å². The van der Waals surface area contributed by atoms with Crippen molar-refractivity contribution >= 4 is 27.8 Å². The maximum atomic E-state index is 6.01. The first-order chi connectivity index (χ1) is 13.7. The van der Waals surface area contributed by atoms with Crippen molar-refractivity contribution in [1.29, 1.82) is 0 Å². The van der Waals surface area contributed by atoms with Gasteiger partial charge in [-0.25, -0.2) is 0 Å². The topological polar surface area (TPSA) is 0 Å². The van der Waals surface area contributed by atoms with E-state index in [1.165, 1.54) is 44.2 Å². The first-order valence-corrected chi connectivity index (χ1v) is 16.4. The van der Waals surface area contributed by atoms with E-state index in [0.717, 1.165) is 5.02 Å². The molecule has 29 heavy (non-hydrogen) atoms. The van der Waals surface area contributed by atoms with Crippen LogP contribution in [0.5, 0.6) is 0 Å². The molecule has 4 aromatic carbocycles. The standard InChI is InChI=1S/C15H10Cl.C9H13.C2H6Si.Zr/c16-13-6-3-5-12(10-13)15-9-8-11-4-1-2-7-14(11)15;1-6-5-7(2)9(4)8(6)3;1-3-2;/h1-10H;5H,1-4H3;1-2H3;/q2*-1;;+2. The summed E-state index contributed by atoms with van der Waals surface area (Å²) in [4.78, 5) is 0. The zero-order chi connectivity index (χ0) is 21.6. The van der Waals surface area contributed by atoms with E-state index in [4.69, 9.17) is 11.6 Å². The third kappa shape index (κ3) is 6.92. The van der Waals surface area contributed by atoms with E-state index < -0.39 is 0 Å². The fourth-order valence-corrected chi connectivity index (χ4v) is 3.38. The summed E-state index contributed by atoms with van der Waals surface area (Å²) in [5.41, 5.74) is 8.38. The molecule has 0 aliphatic heterocycles. The fourth-order valence-electron chi connectivity index (χ4n) is 3.19. The van der Waals surface area contributed by atoms with Crippen LogP contribution in [-0.2, 0) is 23.3 Å². The quantitative estimate of drug-likeness (QED) is 0.184. The van der Waals surface area contributed by atoms with E-state index in [-0.39, 0.29) is 5.43 Å². The van der Waals surface area contributed by atoms with Crippen LogP contribution < -0.4 is 0 Å². The van der Waals surface area contributed by atoms with Gasteiger partial charge in [0.1, 0.15) is 0 Å². The molecule has 0 aliphatic rings. The molecule has 0 aromatic heterocycles. The molecule has 0 bridgehead atoms. The molecule has 4 aromatic rings. The number of benzene rings is 2. The van der Waals surface area contributed by atoms with Crippen LogP contribution in [-0.4, -0.2) is 5.43 Å². The predicted octanol–water partition coefficient (Wildman–Crippen LogP) is 8.30. The van der Waals surface area contributed by atoms with Gasteiger partial charge in [0.25, 0.3) is 0 Å². The summed E-state index contributed by atoms with van der Waals surface area (Å²) in [6.07, 6.45) is 0. The maximum absolute atomic E-state index is 6.01. The van der Waals surface area contributed by atoms with Crippen LogP contribution in [0.15, 0.2) is 66.7 Å². The average molecular weight is 496 g/mol. The van der Waals surface area contributed by atoms with Crippen LogP contribution in [0.3, 0.4) is 0 Å². The zero-order valence-corrected chi connectivity index (χ0v) is 22.4. The fraction of sp³-hybridized carbons (Fsp3) is 0.231. The summed E-state index contributed by atoms with van der Waals surface area (Å²) in [5, 5.41) is 3.34. The van der Waals surface area contributed by atoms with Crippen molar-refractivity contribution in [2.75, 3.05) is 0 Å². The molecule has 0 spiro atoms. The van der Waals surface area contributed by atoms with Gasteiger partial charge in [0.05, 0.1) is 0 Å². The molecule has 0 atom stereocenters. The van der Waals surface area contributed by atoms with Gasteiger partial charge in [-0.05, 0) is 12.1 Å². The normalized spacial score (nSPS) is 10.1. The second-order valence-corrected chi connectivity index (χ2v) is 17.4. The SMILES string of the molecule is C[Si](C)=[Zr+2].Cc1[cH-]c(C)c(C)c1C.Clc1cccc(-c2c[cH-]c3ccccc23)c1. The van der Waals surface area contributed by atoms with Crippen molar-refractivity contribution in [3.05, 3.63) is 94.0 Å². The first-order valence-electron chi connectivity index (χ1n) is 9.83. The number of rotatable bonds is 1. The molecule has 0 amide bonds. The Labute approximate surface area is 196 Å². The van der Waals surface area contributed by atoms with Gasteiger partial charge in [-0.15, -0.1) is 46.7 Å². The summed E-state index contributed by atoms with van der Waals surface area (Å²) in [6, 6.07) is 22.9. The molecule has 0 nitrogen and oxygen atoms in total. The molecule has 4 rings (SSSR count). The van der Waals surface area contributed by atoms with E-state index >= 15 is 0 Å². The Morgan fingerprint density at radius 3 is 1.97 bits per heavy atom. The monoisotopic (exact) mass is 494 g/mol. The third-order valence-corrected chi connectivity index (χ3v) is 5.23. The maximum Gasteiger partial charge on any atom is 0.0403 e. The Morgan fingerprint density at radius 1 is 0.862 bits per heavy atom. The van der Waals surface area contributed by atoms with E-state index in [0.29, 0.717) is 0 Å². The van der Waals surface area contributed by atoms with Crippen molar-refractivity contribution in [3.63, 3.8) is 0 Å². The zero-order valence-electron chi connectivity index (χ0n) is 18.2. The van der Waals surface area contributed by atoms with Gasteiger partial charge in [-0.2, -0.15) is 28.3 Å². The van der Waals surface area contributed by atoms with Crippen LogP contribution >= 0.6 is 11.6 Å². The Bertz CT molecular complexity index is 1070. The van der Waals surface area contributed by atoms with Crippen LogP contribution in [0.4, 0.5) is 0 Å². The van der Waals surface area contributed by atoms with Crippen molar-refractivity contribution < 1.29 is 23.3 Å². The van der Waals surface area contributed by atoms with Crippen LogP contribution in [0.2, 0.25) is 18.1 Å². The van der Waals surface area contributed by atoms with Crippen molar-refractivity contribution in [2.24, 2.45) is 0 Å². The average Bonchev–Trinajstić information content (AvgIpc) is 3.19. The third-order valence-electron chi connectivity index (χ3n) is 4.99. The summed E-state index contributed by atoms with van der Waals surface area (Å²) < 4.78 is 0. The second kappa shape index (κ2) is 11.3. The molecule has 0 aliphatic carbocycles. The molecule has 0 saturated heterocycles. The number of halogens is 1. The Kier molecular flexibility index (Phi) is 9.34. The van der Waals surface area contributed by atoms with Gasteiger partial charge in [0.15, 0.2) is 0 Å². The van der Waals surface area contributed by atoms with E-state index in [2.05, 4.69) is 89.3 Å². The molecule has 148 valence electrons. The van der Waals surface area contributed by atoms with E-state index in [1.54, 1.807) is 23.3 Å². The van der Waals surface area contributed by atoms with Crippen molar-refractivity contribution in [3.8, 4) is 11.1 Å². The predicted molar refractivity (Wildman–Crippen MR) is 128 cm³/mol. The van der Waals surface area contributed by atoms with Gasteiger partial charge in [-0.1, -0.05) is 63.1 Å². The Balaban J connectivity index is 0.000000195. The minimum Gasteiger partial charge on any atom is -0.196 e. The minimum absolute atomic E-state index is 0.210. The molecular weight excluding hydrogens is 467 g/mol. The Hall–Kier alpha value is -1.21. The summed E-state index contributed by atoms with van der Waals surface area (Å²) in [6.45, 7) is 13.3. The number of hydrogen-bond donors (Lipinski definition) is 0. The van der Waals surface area contributed by atoms with Crippen LogP contribution in [0.1, 0.15) is 22.3 Å². The van der Waals surface area contributed by atoms with Crippen LogP contribution in [0, 0.1) is 27.7 Å². The van der Waals surface area contributed by atoms with E-state index in [9.17, 15) is 0 Å². The summed E-state index contributed by atoms with van der Waals surface area (Å²) in [5.74, 6) is 0. The van der Waals surface area contributed by atoms with Crippen LogP contribution in [0.25, 0.3) is 21.9 Å².